The van der Waals surface area contributed by atoms with Crippen molar-refractivity contribution in [2.24, 2.45) is 0 Å². The van der Waals surface area contributed by atoms with E-state index in [9.17, 15) is 0 Å². The van der Waals surface area contributed by atoms with Crippen LogP contribution in [0.3, 0.4) is 0 Å². The predicted octanol–water partition coefficient (Wildman–Crippen LogP) is 2.87. The molecule has 1 unspecified atom stereocenters. The van der Waals surface area contributed by atoms with Crippen molar-refractivity contribution in [1.82, 2.24) is 5.32 Å². The Morgan fingerprint density at radius 1 is 1.58 bits per heavy atom. The molecule has 3 heteroatoms. The lowest BCUT2D eigenvalue weighted by Gasteiger charge is -2.21. The molecule has 0 spiro atoms. The summed E-state index contributed by atoms with van der Waals surface area (Å²) in [6.45, 7) is 2.26. The second kappa shape index (κ2) is 3.77. The van der Waals surface area contributed by atoms with Crippen LogP contribution in [0.25, 0.3) is 0 Å². The molecule has 0 aromatic carbocycles. The maximum Gasteiger partial charge on any atom is 0.0548 e. The average Bonchev–Trinajstić information content (AvgIpc) is 2.53. The topological polar surface area (TPSA) is 12.0 Å². The molecule has 1 saturated heterocycles. The molecular weight excluding hydrogens is 190 g/mol. The maximum atomic E-state index is 6.06. The third-order valence-electron chi connectivity index (χ3n) is 2.31. The summed E-state index contributed by atoms with van der Waals surface area (Å²) in [7, 11) is 0. The first kappa shape index (κ1) is 8.54. The predicted molar refractivity (Wildman–Crippen MR) is 54.2 cm³/mol. The Labute approximate surface area is 81.7 Å². The summed E-state index contributed by atoms with van der Waals surface area (Å²) < 4.78 is 0. The van der Waals surface area contributed by atoms with Gasteiger partial charge >= 0.3 is 0 Å². The molecule has 1 atom stereocenters. The van der Waals surface area contributed by atoms with Crippen LogP contribution in [-0.2, 0) is 0 Å². The standard InChI is InChI=1S/C9H12ClNS/c10-8-3-5-12-9(8)7-2-1-4-11-6-7/h3,5,7,11H,1-2,4,6H2. The van der Waals surface area contributed by atoms with Gasteiger partial charge in [-0.3, -0.25) is 0 Å². The first-order valence-electron chi connectivity index (χ1n) is 4.31. The number of nitrogens with one attached hydrogen (secondary N) is 1. The van der Waals surface area contributed by atoms with Crippen LogP contribution in [0.4, 0.5) is 0 Å². The van der Waals surface area contributed by atoms with E-state index in [2.05, 4.69) is 10.7 Å². The summed E-state index contributed by atoms with van der Waals surface area (Å²) >= 11 is 7.84. The van der Waals surface area contributed by atoms with E-state index >= 15 is 0 Å². The largest absolute Gasteiger partial charge is 0.316 e. The molecule has 2 heterocycles. The van der Waals surface area contributed by atoms with Gasteiger partial charge in [-0.05, 0) is 30.8 Å². The van der Waals surface area contributed by atoms with Gasteiger partial charge in [0.25, 0.3) is 0 Å². The van der Waals surface area contributed by atoms with E-state index in [1.807, 2.05) is 6.07 Å². The van der Waals surface area contributed by atoms with Crippen LogP contribution in [0.15, 0.2) is 11.4 Å². The van der Waals surface area contributed by atoms with E-state index in [0.29, 0.717) is 5.92 Å². The summed E-state index contributed by atoms with van der Waals surface area (Å²) in [5.41, 5.74) is 0. The SMILES string of the molecule is Clc1ccsc1C1CCCNC1. The van der Waals surface area contributed by atoms with Crippen molar-refractivity contribution in [2.45, 2.75) is 18.8 Å². The maximum absolute atomic E-state index is 6.06. The summed E-state index contributed by atoms with van der Waals surface area (Å²) in [5, 5.41) is 6.43. The second-order valence-corrected chi connectivity index (χ2v) is 4.53. The molecule has 1 N–H and O–H groups in total. The fourth-order valence-corrected chi connectivity index (χ4v) is 3.02. The number of thiophene rings is 1. The molecule has 0 radical (unpaired) electrons. The Morgan fingerprint density at radius 3 is 3.08 bits per heavy atom. The van der Waals surface area contributed by atoms with E-state index in [-0.39, 0.29) is 0 Å². The van der Waals surface area contributed by atoms with Gasteiger partial charge in [0.2, 0.25) is 0 Å². The quantitative estimate of drug-likeness (QED) is 0.737. The molecule has 12 heavy (non-hydrogen) atoms. The zero-order valence-corrected chi connectivity index (χ0v) is 8.42. The van der Waals surface area contributed by atoms with Gasteiger partial charge < -0.3 is 5.32 Å². The Kier molecular flexibility index (Phi) is 2.69. The first-order valence-corrected chi connectivity index (χ1v) is 5.57. The van der Waals surface area contributed by atoms with E-state index in [0.717, 1.165) is 11.6 Å². The number of hydrogen-bond acceptors (Lipinski definition) is 2. The third kappa shape index (κ3) is 1.65. The molecule has 0 amide bonds. The summed E-state index contributed by atoms with van der Waals surface area (Å²) in [6, 6.07) is 2.00. The number of halogens is 1. The minimum atomic E-state index is 0.659. The Morgan fingerprint density at radius 2 is 2.50 bits per heavy atom. The van der Waals surface area contributed by atoms with Crippen LogP contribution in [0, 0.1) is 0 Å². The molecule has 1 aromatic heterocycles. The van der Waals surface area contributed by atoms with Gasteiger partial charge in [-0.1, -0.05) is 11.6 Å². The molecular formula is C9H12ClNS. The van der Waals surface area contributed by atoms with Crippen molar-refractivity contribution in [3.63, 3.8) is 0 Å². The highest BCUT2D eigenvalue weighted by atomic mass is 35.5. The number of piperidine rings is 1. The van der Waals surface area contributed by atoms with Gasteiger partial charge in [0.05, 0.1) is 5.02 Å². The van der Waals surface area contributed by atoms with Crippen molar-refractivity contribution in [3.05, 3.63) is 21.3 Å². The van der Waals surface area contributed by atoms with E-state index in [4.69, 9.17) is 11.6 Å². The number of rotatable bonds is 1. The lowest BCUT2D eigenvalue weighted by atomic mass is 9.98. The van der Waals surface area contributed by atoms with Crippen LogP contribution < -0.4 is 5.32 Å². The zero-order chi connectivity index (χ0) is 8.39. The molecule has 0 aliphatic carbocycles. The molecule has 0 saturated carbocycles. The van der Waals surface area contributed by atoms with Crippen LogP contribution in [0.2, 0.25) is 5.02 Å². The Hall–Kier alpha value is -0.0500. The van der Waals surface area contributed by atoms with E-state index < -0.39 is 0 Å². The summed E-state index contributed by atoms with van der Waals surface area (Å²) in [4.78, 5) is 1.36. The monoisotopic (exact) mass is 201 g/mol. The average molecular weight is 202 g/mol. The molecule has 1 aliphatic rings. The minimum absolute atomic E-state index is 0.659. The highest BCUT2D eigenvalue weighted by molar-refractivity contribution is 7.10. The van der Waals surface area contributed by atoms with Crippen LogP contribution in [-0.4, -0.2) is 13.1 Å². The lowest BCUT2D eigenvalue weighted by molar-refractivity contribution is 0.466. The second-order valence-electron chi connectivity index (χ2n) is 3.18. The van der Waals surface area contributed by atoms with Gasteiger partial charge in [0.15, 0.2) is 0 Å². The van der Waals surface area contributed by atoms with Gasteiger partial charge in [0, 0.05) is 17.3 Å². The summed E-state index contributed by atoms with van der Waals surface area (Å²) in [5.74, 6) is 0.659. The lowest BCUT2D eigenvalue weighted by Crippen LogP contribution is -2.27. The normalized spacial score (nSPS) is 24.2. The third-order valence-corrected chi connectivity index (χ3v) is 3.83. The van der Waals surface area contributed by atoms with E-state index in [1.54, 1.807) is 11.3 Å². The highest BCUT2D eigenvalue weighted by Crippen LogP contribution is 2.33. The fourth-order valence-electron chi connectivity index (χ4n) is 1.67. The molecule has 1 nitrogen and oxygen atoms in total. The molecule has 1 fully saturated rings. The van der Waals surface area contributed by atoms with Crippen molar-refractivity contribution in [3.8, 4) is 0 Å². The van der Waals surface area contributed by atoms with Gasteiger partial charge in [0.1, 0.15) is 0 Å². The van der Waals surface area contributed by atoms with Crippen molar-refractivity contribution in [2.75, 3.05) is 13.1 Å². The van der Waals surface area contributed by atoms with Crippen LogP contribution in [0.1, 0.15) is 23.6 Å². The minimum Gasteiger partial charge on any atom is -0.316 e. The molecule has 1 aliphatic heterocycles. The molecule has 1 aromatic rings. The number of hydrogen-bond donors (Lipinski definition) is 1. The van der Waals surface area contributed by atoms with Crippen molar-refractivity contribution < 1.29 is 0 Å². The Balaban J connectivity index is 2.13. The molecule has 2 rings (SSSR count). The van der Waals surface area contributed by atoms with Gasteiger partial charge in [-0.25, -0.2) is 0 Å². The smallest absolute Gasteiger partial charge is 0.0548 e. The van der Waals surface area contributed by atoms with Crippen molar-refractivity contribution >= 4 is 22.9 Å². The summed E-state index contributed by atoms with van der Waals surface area (Å²) in [6.07, 6.45) is 2.56. The Bertz CT molecular complexity index is 253. The first-order chi connectivity index (χ1) is 5.88. The molecule has 0 bridgehead atoms. The van der Waals surface area contributed by atoms with Crippen LogP contribution in [0.5, 0.6) is 0 Å². The highest BCUT2D eigenvalue weighted by Gasteiger charge is 2.18. The van der Waals surface area contributed by atoms with E-state index in [1.165, 1.54) is 24.3 Å². The van der Waals surface area contributed by atoms with Gasteiger partial charge in [-0.15, -0.1) is 11.3 Å². The van der Waals surface area contributed by atoms with Crippen molar-refractivity contribution in [1.29, 1.82) is 0 Å². The van der Waals surface area contributed by atoms with Crippen LogP contribution >= 0.6 is 22.9 Å². The van der Waals surface area contributed by atoms with Gasteiger partial charge in [-0.2, -0.15) is 0 Å². The zero-order valence-electron chi connectivity index (χ0n) is 6.85. The fraction of sp³-hybridized carbons (Fsp3) is 0.556. The molecule has 66 valence electrons.